The fraction of sp³-hybridized carbons (Fsp3) is 0.267. The number of ether oxygens (including phenoxy) is 1. The van der Waals surface area contributed by atoms with Crippen molar-refractivity contribution in [3.63, 3.8) is 0 Å². The highest BCUT2D eigenvalue weighted by Crippen LogP contribution is 2.24. The lowest BCUT2D eigenvalue weighted by molar-refractivity contribution is 0.411. The molecule has 2 aromatic rings. The molecular formula is C15H17FN2O. The summed E-state index contributed by atoms with van der Waals surface area (Å²) in [5.41, 5.74) is 1.82. The van der Waals surface area contributed by atoms with Gasteiger partial charge >= 0.3 is 0 Å². The lowest BCUT2D eigenvalue weighted by Gasteiger charge is -2.19. The molecule has 0 aliphatic heterocycles. The van der Waals surface area contributed by atoms with E-state index < -0.39 is 0 Å². The molecule has 1 N–H and O–H groups in total. The molecule has 1 unspecified atom stereocenters. The SMILES string of the molecule is CCNC(c1cccc(F)c1)c1cncc(OC)c1. The largest absolute Gasteiger partial charge is 0.495 e. The van der Waals surface area contributed by atoms with E-state index in [-0.39, 0.29) is 11.9 Å². The molecule has 1 heterocycles. The molecule has 0 aliphatic rings. The summed E-state index contributed by atoms with van der Waals surface area (Å²) >= 11 is 0. The lowest BCUT2D eigenvalue weighted by Crippen LogP contribution is -2.22. The number of benzene rings is 1. The number of nitrogens with zero attached hydrogens (tertiary/aromatic N) is 1. The Labute approximate surface area is 112 Å². The van der Waals surface area contributed by atoms with Crippen molar-refractivity contribution in [2.24, 2.45) is 0 Å². The highest BCUT2D eigenvalue weighted by molar-refractivity contribution is 5.34. The summed E-state index contributed by atoms with van der Waals surface area (Å²) in [4.78, 5) is 4.15. The molecular weight excluding hydrogens is 243 g/mol. The Balaban J connectivity index is 2.38. The highest BCUT2D eigenvalue weighted by atomic mass is 19.1. The van der Waals surface area contributed by atoms with E-state index in [9.17, 15) is 4.39 Å². The van der Waals surface area contributed by atoms with Gasteiger partial charge in [0.1, 0.15) is 11.6 Å². The summed E-state index contributed by atoms with van der Waals surface area (Å²) in [5, 5.41) is 3.33. The predicted molar refractivity (Wildman–Crippen MR) is 72.7 cm³/mol. The number of aromatic nitrogens is 1. The predicted octanol–water partition coefficient (Wildman–Crippen LogP) is 2.93. The first kappa shape index (κ1) is 13.5. The van der Waals surface area contributed by atoms with E-state index in [0.29, 0.717) is 5.75 Å². The van der Waals surface area contributed by atoms with Crippen molar-refractivity contribution < 1.29 is 9.13 Å². The van der Waals surface area contributed by atoms with Crippen LogP contribution < -0.4 is 10.1 Å². The van der Waals surface area contributed by atoms with Crippen LogP contribution >= 0.6 is 0 Å². The number of pyridine rings is 1. The minimum Gasteiger partial charge on any atom is -0.495 e. The molecule has 0 radical (unpaired) electrons. The molecule has 0 spiro atoms. The zero-order valence-corrected chi connectivity index (χ0v) is 11.1. The van der Waals surface area contributed by atoms with Gasteiger partial charge in [0, 0.05) is 6.20 Å². The molecule has 2 rings (SSSR count). The second kappa shape index (κ2) is 6.29. The maximum Gasteiger partial charge on any atom is 0.137 e. The van der Waals surface area contributed by atoms with Crippen LogP contribution in [0.25, 0.3) is 0 Å². The number of halogens is 1. The van der Waals surface area contributed by atoms with Gasteiger partial charge in [0.05, 0.1) is 19.3 Å². The summed E-state index contributed by atoms with van der Waals surface area (Å²) in [6.07, 6.45) is 3.42. The van der Waals surface area contributed by atoms with Crippen molar-refractivity contribution in [2.45, 2.75) is 13.0 Å². The number of hydrogen-bond donors (Lipinski definition) is 1. The summed E-state index contributed by atoms with van der Waals surface area (Å²) in [7, 11) is 1.60. The van der Waals surface area contributed by atoms with Gasteiger partial charge in [-0.25, -0.2) is 4.39 Å². The average Bonchev–Trinajstić information content (AvgIpc) is 2.45. The molecule has 0 saturated carbocycles. The molecule has 0 fully saturated rings. The van der Waals surface area contributed by atoms with Crippen molar-refractivity contribution in [1.82, 2.24) is 10.3 Å². The van der Waals surface area contributed by atoms with E-state index >= 15 is 0 Å². The Morgan fingerprint density at radius 1 is 1.26 bits per heavy atom. The Kier molecular flexibility index (Phi) is 4.47. The van der Waals surface area contributed by atoms with Gasteiger partial charge in [-0.3, -0.25) is 4.98 Å². The van der Waals surface area contributed by atoms with E-state index in [2.05, 4.69) is 10.3 Å². The molecule has 1 aromatic carbocycles. The van der Waals surface area contributed by atoms with Gasteiger partial charge in [0.15, 0.2) is 0 Å². The highest BCUT2D eigenvalue weighted by Gasteiger charge is 2.14. The molecule has 1 aromatic heterocycles. The van der Waals surface area contributed by atoms with Gasteiger partial charge in [-0.05, 0) is 35.9 Å². The number of rotatable bonds is 5. The Morgan fingerprint density at radius 2 is 2.11 bits per heavy atom. The molecule has 1 atom stereocenters. The summed E-state index contributed by atoms with van der Waals surface area (Å²) in [6, 6.07) is 8.40. The Morgan fingerprint density at radius 3 is 2.79 bits per heavy atom. The van der Waals surface area contributed by atoms with Crippen LogP contribution in [0.5, 0.6) is 5.75 Å². The van der Waals surface area contributed by atoms with E-state index in [1.165, 1.54) is 12.1 Å². The average molecular weight is 260 g/mol. The van der Waals surface area contributed by atoms with Crippen LogP contribution in [-0.4, -0.2) is 18.6 Å². The van der Waals surface area contributed by atoms with Crippen LogP contribution in [0.2, 0.25) is 0 Å². The van der Waals surface area contributed by atoms with E-state index in [1.54, 1.807) is 25.6 Å². The smallest absolute Gasteiger partial charge is 0.137 e. The first-order valence-corrected chi connectivity index (χ1v) is 6.22. The van der Waals surface area contributed by atoms with Crippen molar-refractivity contribution in [3.8, 4) is 5.75 Å². The molecule has 3 nitrogen and oxygen atoms in total. The minimum atomic E-state index is -0.240. The van der Waals surface area contributed by atoms with Gasteiger partial charge in [-0.15, -0.1) is 0 Å². The monoisotopic (exact) mass is 260 g/mol. The van der Waals surface area contributed by atoms with Gasteiger partial charge in [-0.1, -0.05) is 19.1 Å². The fourth-order valence-electron chi connectivity index (χ4n) is 2.02. The van der Waals surface area contributed by atoms with Crippen LogP contribution in [0, 0.1) is 5.82 Å². The Hall–Kier alpha value is -1.94. The van der Waals surface area contributed by atoms with Crippen LogP contribution in [0.4, 0.5) is 4.39 Å². The number of nitrogens with one attached hydrogen (secondary N) is 1. The molecule has 100 valence electrons. The third-order valence-corrected chi connectivity index (χ3v) is 2.89. The maximum atomic E-state index is 13.4. The van der Waals surface area contributed by atoms with Crippen molar-refractivity contribution >= 4 is 0 Å². The lowest BCUT2D eigenvalue weighted by atomic mass is 10.00. The molecule has 0 aliphatic carbocycles. The fourth-order valence-corrected chi connectivity index (χ4v) is 2.02. The summed E-state index contributed by atoms with van der Waals surface area (Å²) in [6.45, 7) is 2.79. The van der Waals surface area contributed by atoms with Gasteiger partial charge in [-0.2, -0.15) is 0 Å². The second-order valence-corrected chi connectivity index (χ2v) is 4.20. The zero-order valence-electron chi connectivity index (χ0n) is 11.1. The topological polar surface area (TPSA) is 34.2 Å². The van der Waals surface area contributed by atoms with Crippen molar-refractivity contribution in [3.05, 3.63) is 59.7 Å². The third kappa shape index (κ3) is 3.29. The molecule has 0 amide bonds. The van der Waals surface area contributed by atoms with Gasteiger partial charge in [0.25, 0.3) is 0 Å². The molecule has 0 bridgehead atoms. The summed E-state index contributed by atoms with van der Waals surface area (Å²) in [5.74, 6) is 0.452. The Bertz CT molecular complexity index is 545. The van der Waals surface area contributed by atoms with Crippen LogP contribution in [0.15, 0.2) is 42.7 Å². The van der Waals surface area contributed by atoms with E-state index in [0.717, 1.165) is 17.7 Å². The standard InChI is InChI=1S/C15H17FN2O/c1-3-18-15(11-5-4-6-13(16)7-11)12-8-14(19-2)10-17-9-12/h4-10,15,18H,3H2,1-2H3. The van der Waals surface area contributed by atoms with Crippen molar-refractivity contribution in [2.75, 3.05) is 13.7 Å². The van der Waals surface area contributed by atoms with Crippen LogP contribution in [-0.2, 0) is 0 Å². The number of methoxy groups -OCH3 is 1. The van der Waals surface area contributed by atoms with Gasteiger partial charge < -0.3 is 10.1 Å². The number of hydrogen-bond acceptors (Lipinski definition) is 3. The molecule has 0 saturated heterocycles. The summed E-state index contributed by atoms with van der Waals surface area (Å²) < 4.78 is 18.5. The zero-order chi connectivity index (χ0) is 13.7. The van der Waals surface area contributed by atoms with Crippen LogP contribution in [0.3, 0.4) is 0 Å². The first-order valence-electron chi connectivity index (χ1n) is 6.22. The molecule has 4 heteroatoms. The van der Waals surface area contributed by atoms with Crippen molar-refractivity contribution in [1.29, 1.82) is 0 Å². The first-order chi connectivity index (χ1) is 9.24. The molecule has 19 heavy (non-hydrogen) atoms. The van der Waals surface area contributed by atoms with Crippen LogP contribution in [0.1, 0.15) is 24.1 Å². The van der Waals surface area contributed by atoms with E-state index in [1.807, 2.05) is 19.1 Å². The normalized spacial score (nSPS) is 12.2. The van der Waals surface area contributed by atoms with Gasteiger partial charge in [0.2, 0.25) is 0 Å². The maximum absolute atomic E-state index is 13.4. The van der Waals surface area contributed by atoms with E-state index in [4.69, 9.17) is 4.74 Å². The quantitative estimate of drug-likeness (QED) is 0.897. The second-order valence-electron chi connectivity index (χ2n) is 4.20. The minimum absolute atomic E-state index is 0.0942. The third-order valence-electron chi connectivity index (χ3n) is 2.89.